The van der Waals surface area contributed by atoms with E-state index >= 15 is 0 Å². The molecule has 3 aromatic carbocycles. The number of aryl methyl sites for hydroxylation is 1. The van der Waals surface area contributed by atoms with Crippen LogP contribution in [0.1, 0.15) is 44.7 Å². The lowest BCUT2D eigenvalue weighted by molar-refractivity contribution is -0.139. The Kier molecular flexibility index (Phi) is 11.1. The van der Waals surface area contributed by atoms with Gasteiger partial charge in [-0.1, -0.05) is 81.4 Å². The number of amides is 2. The van der Waals surface area contributed by atoms with Crippen LogP contribution in [-0.2, 0) is 32.5 Å². The van der Waals surface area contributed by atoms with E-state index in [1.54, 1.807) is 30.3 Å². The summed E-state index contributed by atoms with van der Waals surface area (Å²) in [7, 11) is -4.05. The molecule has 0 saturated heterocycles. The minimum Gasteiger partial charge on any atom is -0.354 e. The molecule has 0 aliphatic heterocycles. The lowest BCUT2D eigenvalue weighted by atomic mass is 10.1. The Balaban J connectivity index is 1.98. The fraction of sp³-hybridized carbons (Fsp3) is 0.355. The Bertz CT molecular complexity index is 1300. The van der Waals surface area contributed by atoms with Gasteiger partial charge in [-0.15, -0.1) is 0 Å². The fourth-order valence-electron chi connectivity index (χ4n) is 4.41. The van der Waals surface area contributed by atoms with Crippen LogP contribution in [0.5, 0.6) is 0 Å². The Hall–Kier alpha value is -3.65. The van der Waals surface area contributed by atoms with Crippen LogP contribution >= 0.6 is 0 Å². The first-order chi connectivity index (χ1) is 18.8. The van der Waals surface area contributed by atoms with Gasteiger partial charge >= 0.3 is 0 Å². The molecule has 0 aliphatic carbocycles. The smallest absolute Gasteiger partial charge is 0.264 e. The summed E-state index contributed by atoms with van der Waals surface area (Å²) < 4.78 is 28.8. The summed E-state index contributed by atoms with van der Waals surface area (Å²) in [6.45, 7) is 6.23. The molecule has 3 rings (SSSR count). The average molecular weight is 550 g/mol. The number of nitrogens with zero attached hydrogens (tertiary/aromatic N) is 2. The second-order valence-corrected chi connectivity index (χ2v) is 11.2. The van der Waals surface area contributed by atoms with Gasteiger partial charge in [0.2, 0.25) is 11.8 Å². The van der Waals surface area contributed by atoms with Gasteiger partial charge in [0, 0.05) is 13.1 Å². The van der Waals surface area contributed by atoms with Gasteiger partial charge in [0.05, 0.1) is 10.6 Å². The van der Waals surface area contributed by atoms with E-state index in [1.165, 1.54) is 17.0 Å². The molecule has 0 fully saturated rings. The quantitative estimate of drug-likeness (QED) is 0.312. The van der Waals surface area contributed by atoms with Crippen LogP contribution in [0.4, 0.5) is 5.69 Å². The third-order valence-electron chi connectivity index (χ3n) is 6.66. The van der Waals surface area contributed by atoms with Gasteiger partial charge in [-0.25, -0.2) is 8.42 Å². The van der Waals surface area contributed by atoms with Crippen LogP contribution < -0.4 is 9.62 Å². The highest BCUT2D eigenvalue weighted by molar-refractivity contribution is 7.92. The summed E-state index contributed by atoms with van der Waals surface area (Å²) in [4.78, 5) is 28.7. The van der Waals surface area contributed by atoms with Gasteiger partial charge in [-0.05, 0) is 61.1 Å². The van der Waals surface area contributed by atoms with Crippen molar-refractivity contribution >= 4 is 27.5 Å². The van der Waals surface area contributed by atoms with Gasteiger partial charge < -0.3 is 10.2 Å². The molecular weight excluding hydrogens is 510 g/mol. The molecule has 2 amide bonds. The van der Waals surface area contributed by atoms with Crippen molar-refractivity contribution in [2.75, 3.05) is 23.9 Å². The lowest BCUT2D eigenvalue weighted by Crippen LogP contribution is -2.53. The van der Waals surface area contributed by atoms with E-state index < -0.39 is 28.5 Å². The van der Waals surface area contributed by atoms with E-state index in [0.29, 0.717) is 25.1 Å². The van der Waals surface area contributed by atoms with Crippen LogP contribution in [0.15, 0.2) is 89.8 Å². The summed E-state index contributed by atoms with van der Waals surface area (Å²) >= 11 is 0. The van der Waals surface area contributed by atoms with Crippen LogP contribution in [-0.4, -0.2) is 50.8 Å². The van der Waals surface area contributed by atoms with E-state index in [-0.39, 0.29) is 17.3 Å². The van der Waals surface area contributed by atoms with E-state index in [2.05, 4.69) is 5.32 Å². The number of hydrogen-bond donors (Lipinski definition) is 1. The normalized spacial score (nSPS) is 12.0. The second-order valence-electron chi connectivity index (χ2n) is 9.38. The molecule has 0 spiro atoms. The van der Waals surface area contributed by atoms with Crippen molar-refractivity contribution in [2.24, 2.45) is 0 Å². The summed E-state index contributed by atoms with van der Waals surface area (Å²) in [5, 5.41) is 2.91. The van der Waals surface area contributed by atoms with Crippen molar-refractivity contribution in [3.8, 4) is 0 Å². The van der Waals surface area contributed by atoms with Gasteiger partial charge in [0.15, 0.2) is 0 Å². The predicted molar refractivity (Wildman–Crippen MR) is 156 cm³/mol. The minimum atomic E-state index is -4.05. The monoisotopic (exact) mass is 549 g/mol. The summed E-state index contributed by atoms with van der Waals surface area (Å²) in [6.07, 6.45) is 2.54. The Labute approximate surface area is 232 Å². The zero-order valence-electron chi connectivity index (χ0n) is 23.0. The number of sulfonamides is 1. The number of carbonyl (C=O) groups is 2. The van der Waals surface area contributed by atoms with Crippen molar-refractivity contribution in [1.29, 1.82) is 0 Å². The van der Waals surface area contributed by atoms with Crippen LogP contribution in [0.25, 0.3) is 0 Å². The molecule has 208 valence electrons. The largest absolute Gasteiger partial charge is 0.354 e. The molecule has 39 heavy (non-hydrogen) atoms. The van der Waals surface area contributed by atoms with E-state index in [4.69, 9.17) is 0 Å². The number of rotatable bonds is 14. The first-order valence-corrected chi connectivity index (χ1v) is 15.0. The molecule has 7 nitrogen and oxygen atoms in total. The van der Waals surface area contributed by atoms with Gasteiger partial charge in [0.25, 0.3) is 10.0 Å². The third kappa shape index (κ3) is 7.93. The van der Waals surface area contributed by atoms with Gasteiger partial charge in [-0.2, -0.15) is 0 Å². The van der Waals surface area contributed by atoms with E-state index in [0.717, 1.165) is 28.3 Å². The molecule has 0 heterocycles. The molecule has 0 aromatic heterocycles. The van der Waals surface area contributed by atoms with Crippen LogP contribution in [0.3, 0.4) is 0 Å². The Morgan fingerprint density at radius 1 is 0.821 bits per heavy atom. The molecular formula is C31H39N3O4S. The zero-order chi connectivity index (χ0) is 28.3. The highest BCUT2D eigenvalue weighted by Gasteiger charge is 2.33. The molecule has 8 heteroatoms. The molecule has 0 unspecified atom stereocenters. The van der Waals surface area contributed by atoms with Crippen molar-refractivity contribution < 1.29 is 18.0 Å². The standard InChI is InChI=1S/C31H39N3O4S/c1-4-22-32-31(36)29(6-3)33(23-21-26-13-9-7-10-14-26)30(35)24-34(27-19-17-25(5-2)18-20-27)39(37,38)28-15-11-8-12-16-28/h7-20,29H,4-6,21-24H2,1-3H3,(H,32,36)/t29-/m1/s1. The number of carbonyl (C=O) groups excluding carboxylic acids is 2. The third-order valence-corrected chi connectivity index (χ3v) is 8.45. The number of anilines is 1. The maximum Gasteiger partial charge on any atom is 0.264 e. The van der Waals surface area contributed by atoms with Crippen molar-refractivity contribution in [1.82, 2.24) is 10.2 Å². The maximum atomic E-state index is 14.0. The molecule has 0 aliphatic rings. The summed E-state index contributed by atoms with van der Waals surface area (Å²) in [5.41, 5.74) is 2.49. The highest BCUT2D eigenvalue weighted by Crippen LogP contribution is 2.25. The van der Waals surface area contributed by atoms with E-state index in [1.807, 2.05) is 63.2 Å². The highest BCUT2D eigenvalue weighted by atomic mass is 32.2. The first kappa shape index (κ1) is 29.9. The topological polar surface area (TPSA) is 86.8 Å². The maximum absolute atomic E-state index is 14.0. The van der Waals surface area contributed by atoms with Gasteiger partial charge in [0.1, 0.15) is 12.6 Å². The van der Waals surface area contributed by atoms with Crippen molar-refractivity contribution in [3.05, 3.63) is 96.1 Å². The minimum absolute atomic E-state index is 0.0981. The zero-order valence-corrected chi connectivity index (χ0v) is 23.9. The summed E-state index contributed by atoms with van der Waals surface area (Å²) in [6, 6.07) is 24.3. The molecule has 3 aromatic rings. The first-order valence-electron chi connectivity index (χ1n) is 13.6. The number of benzene rings is 3. The fourth-order valence-corrected chi connectivity index (χ4v) is 5.84. The van der Waals surface area contributed by atoms with Crippen molar-refractivity contribution in [3.63, 3.8) is 0 Å². The SMILES string of the molecule is CCCNC(=O)[C@@H](CC)N(CCc1ccccc1)C(=O)CN(c1ccc(CC)cc1)S(=O)(=O)c1ccccc1. The average Bonchev–Trinajstić information content (AvgIpc) is 2.97. The second kappa shape index (κ2) is 14.5. The lowest BCUT2D eigenvalue weighted by Gasteiger charge is -2.33. The van der Waals surface area contributed by atoms with Crippen LogP contribution in [0.2, 0.25) is 0 Å². The van der Waals surface area contributed by atoms with Crippen LogP contribution in [0, 0.1) is 0 Å². The molecule has 1 N–H and O–H groups in total. The molecule has 0 bridgehead atoms. The Morgan fingerprint density at radius 2 is 1.44 bits per heavy atom. The number of hydrogen-bond acceptors (Lipinski definition) is 4. The Morgan fingerprint density at radius 3 is 2.00 bits per heavy atom. The molecule has 0 saturated carbocycles. The summed E-state index contributed by atoms with van der Waals surface area (Å²) in [5.74, 6) is -0.658. The van der Waals surface area contributed by atoms with Gasteiger partial charge in [-0.3, -0.25) is 13.9 Å². The molecule has 1 atom stereocenters. The van der Waals surface area contributed by atoms with E-state index in [9.17, 15) is 18.0 Å². The van der Waals surface area contributed by atoms with Crippen molar-refractivity contribution in [2.45, 2.75) is 57.4 Å². The number of nitrogens with one attached hydrogen (secondary N) is 1. The predicted octanol–water partition coefficient (Wildman–Crippen LogP) is 4.82. The molecule has 0 radical (unpaired) electrons.